The van der Waals surface area contributed by atoms with E-state index in [1.807, 2.05) is 0 Å². The SMILES string of the molecule is Cc1ccc(C(=O)N[C@H]2CC(F)(F)c3cc(-n4c(-c5cccnc5N)nc5ccc(-n6cccn6)nc54)ccc32)cn1. The number of imidazole rings is 1. The largest absolute Gasteiger partial charge is 0.383 e. The predicted molar refractivity (Wildman–Crippen MR) is 151 cm³/mol. The number of benzene rings is 1. The second kappa shape index (κ2) is 9.54. The van der Waals surface area contributed by atoms with Gasteiger partial charge in [0.2, 0.25) is 0 Å². The highest BCUT2D eigenvalue weighted by molar-refractivity contribution is 5.94. The maximum atomic E-state index is 15.5. The topological polar surface area (TPSA) is 129 Å². The lowest BCUT2D eigenvalue weighted by Gasteiger charge is -2.15. The molecular formula is C30H23F2N9O. The van der Waals surface area contributed by atoms with Gasteiger partial charge in [-0.15, -0.1) is 0 Å². The van der Waals surface area contributed by atoms with Gasteiger partial charge in [-0.3, -0.25) is 14.3 Å². The highest BCUT2D eigenvalue weighted by Gasteiger charge is 2.46. The van der Waals surface area contributed by atoms with Crippen molar-refractivity contribution in [1.29, 1.82) is 0 Å². The second-order valence-corrected chi connectivity index (χ2v) is 10.1. The molecule has 10 nitrogen and oxygen atoms in total. The van der Waals surface area contributed by atoms with Crippen LogP contribution in [-0.4, -0.2) is 40.2 Å². The van der Waals surface area contributed by atoms with Crippen LogP contribution in [0, 0.1) is 6.92 Å². The van der Waals surface area contributed by atoms with Crippen LogP contribution >= 0.6 is 0 Å². The Bertz CT molecular complexity index is 1970. The van der Waals surface area contributed by atoms with Gasteiger partial charge >= 0.3 is 0 Å². The van der Waals surface area contributed by atoms with Crippen molar-refractivity contribution in [3.63, 3.8) is 0 Å². The number of halogens is 2. The molecule has 0 spiro atoms. The van der Waals surface area contributed by atoms with Crippen LogP contribution in [-0.2, 0) is 5.92 Å². The maximum Gasteiger partial charge on any atom is 0.275 e. The number of rotatable bonds is 5. The summed E-state index contributed by atoms with van der Waals surface area (Å²) in [6.07, 6.45) is 5.83. The molecule has 5 aromatic heterocycles. The van der Waals surface area contributed by atoms with E-state index in [2.05, 4.69) is 20.4 Å². The Morgan fingerprint density at radius 1 is 1.05 bits per heavy atom. The number of nitrogens with zero attached hydrogens (tertiary/aromatic N) is 7. The average Bonchev–Trinajstić information content (AvgIpc) is 3.70. The zero-order valence-electron chi connectivity index (χ0n) is 22.2. The lowest BCUT2D eigenvalue weighted by molar-refractivity contribution is -0.00844. The first-order valence-electron chi connectivity index (χ1n) is 13.1. The fourth-order valence-electron chi connectivity index (χ4n) is 5.26. The van der Waals surface area contributed by atoms with E-state index in [0.29, 0.717) is 45.2 Å². The molecule has 208 valence electrons. The first kappa shape index (κ1) is 25.4. The molecule has 0 unspecified atom stereocenters. The first-order valence-corrected chi connectivity index (χ1v) is 13.1. The zero-order chi connectivity index (χ0) is 29.0. The van der Waals surface area contributed by atoms with Gasteiger partial charge in [0.15, 0.2) is 17.3 Å². The van der Waals surface area contributed by atoms with Crippen LogP contribution in [0.25, 0.3) is 34.1 Å². The van der Waals surface area contributed by atoms with Crippen LogP contribution in [0.2, 0.25) is 0 Å². The van der Waals surface area contributed by atoms with E-state index >= 15 is 8.78 Å². The van der Waals surface area contributed by atoms with Crippen molar-refractivity contribution in [3.8, 4) is 22.9 Å². The average molecular weight is 564 g/mol. The number of anilines is 1. The fourth-order valence-corrected chi connectivity index (χ4v) is 5.26. The second-order valence-electron chi connectivity index (χ2n) is 10.1. The van der Waals surface area contributed by atoms with Crippen LogP contribution in [0.1, 0.15) is 39.6 Å². The Hall–Kier alpha value is -5.52. The highest BCUT2D eigenvalue weighted by Crippen LogP contribution is 2.48. The van der Waals surface area contributed by atoms with Gasteiger partial charge in [-0.2, -0.15) is 5.10 Å². The van der Waals surface area contributed by atoms with Crippen molar-refractivity contribution >= 4 is 22.9 Å². The summed E-state index contributed by atoms with van der Waals surface area (Å²) in [5, 5.41) is 7.01. The fraction of sp³-hybridized carbons (Fsp3) is 0.133. The first-order chi connectivity index (χ1) is 20.3. The molecule has 3 N–H and O–H groups in total. The number of carbonyl (C=O) groups excluding carboxylic acids is 1. The number of carbonyl (C=O) groups is 1. The molecule has 0 saturated heterocycles. The lowest BCUT2D eigenvalue weighted by Crippen LogP contribution is -2.28. The molecule has 1 aromatic carbocycles. The Morgan fingerprint density at radius 2 is 1.93 bits per heavy atom. The van der Waals surface area contributed by atoms with Crippen LogP contribution < -0.4 is 11.1 Å². The zero-order valence-corrected chi connectivity index (χ0v) is 22.2. The van der Waals surface area contributed by atoms with Gasteiger partial charge in [0.1, 0.15) is 11.3 Å². The molecular weight excluding hydrogens is 540 g/mol. The van der Waals surface area contributed by atoms with Crippen LogP contribution in [0.4, 0.5) is 14.6 Å². The Balaban J connectivity index is 1.35. The molecule has 0 fully saturated rings. The summed E-state index contributed by atoms with van der Waals surface area (Å²) in [5.74, 6) is -2.49. The molecule has 7 rings (SSSR count). The van der Waals surface area contributed by atoms with E-state index in [0.717, 1.165) is 5.69 Å². The van der Waals surface area contributed by atoms with Gasteiger partial charge in [-0.25, -0.2) is 28.4 Å². The van der Waals surface area contributed by atoms with Crippen LogP contribution in [0.15, 0.2) is 85.5 Å². The van der Waals surface area contributed by atoms with Gasteiger partial charge in [-0.05, 0) is 67.1 Å². The third kappa shape index (κ3) is 4.24. The summed E-state index contributed by atoms with van der Waals surface area (Å²) in [4.78, 5) is 30.7. The van der Waals surface area contributed by atoms with Crippen molar-refractivity contribution < 1.29 is 13.6 Å². The molecule has 0 aliphatic heterocycles. The van der Waals surface area contributed by atoms with Crippen LogP contribution in [0.5, 0.6) is 0 Å². The van der Waals surface area contributed by atoms with E-state index in [1.165, 1.54) is 12.3 Å². The van der Waals surface area contributed by atoms with Crippen molar-refractivity contribution in [2.75, 3.05) is 5.73 Å². The van der Waals surface area contributed by atoms with E-state index in [4.69, 9.17) is 15.7 Å². The molecule has 0 radical (unpaired) electrons. The smallest absolute Gasteiger partial charge is 0.275 e. The summed E-state index contributed by atoms with van der Waals surface area (Å²) in [6.45, 7) is 1.80. The lowest BCUT2D eigenvalue weighted by atomic mass is 10.1. The Kier molecular flexibility index (Phi) is 5.78. The summed E-state index contributed by atoms with van der Waals surface area (Å²) in [6, 6.07) is 16.0. The summed E-state index contributed by atoms with van der Waals surface area (Å²) in [5.41, 5.74) is 9.34. The normalized spacial score (nSPS) is 15.5. The van der Waals surface area contributed by atoms with Crippen molar-refractivity contribution in [1.82, 2.24) is 39.6 Å². The van der Waals surface area contributed by atoms with Gasteiger partial charge in [0.05, 0.1) is 17.2 Å². The Morgan fingerprint density at radius 3 is 2.69 bits per heavy atom. The van der Waals surface area contributed by atoms with E-state index in [-0.39, 0.29) is 11.4 Å². The number of fused-ring (bicyclic) bond motifs is 2. The molecule has 12 heteroatoms. The molecule has 6 aromatic rings. The van der Waals surface area contributed by atoms with E-state index < -0.39 is 24.3 Å². The molecule has 0 saturated carbocycles. The number of nitrogens with two attached hydrogens (primary N) is 1. The van der Waals surface area contributed by atoms with Gasteiger partial charge in [0.25, 0.3) is 11.8 Å². The third-order valence-corrected chi connectivity index (χ3v) is 7.31. The predicted octanol–water partition coefficient (Wildman–Crippen LogP) is 4.92. The number of pyridine rings is 3. The van der Waals surface area contributed by atoms with Gasteiger partial charge in [0, 0.05) is 48.2 Å². The quantitative estimate of drug-likeness (QED) is 0.305. The monoisotopic (exact) mass is 563 g/mol. The van der Waals surface area contributed by atoms with Gasteiger partial charge in [-0.1, -0.05) is 6.07 Å². The van der Waals surface area contributed by atoms with Crippen molar-refractivity contribution in [2.24, 2.45) is 0 Å². The van der Waals surface area contributed by atoms with Crippen molar-refractivity contribution in [3.05, 3.63) is 108 Å². The number of hydrogen-bond donors (Lipinski definition) is 2. The highest BCUT2D eigenvalue weighted by atomic mass is 19.3. The van der Waals surface area contributed by atoms with Crippen molar-refractivity contribution in [2.45, 2.75) is 25.3 Å². The van der Waals surface area contributed by atoms with Crippen LogP contribution in [0.3, 0.4) is 0 Å². The molecule has 1 aliphatic rings. The standard InChI is InChI=1S/C30H23F2N9O/c1-17-5-6-18(16-35-17)29(42)38-24-15-30(31,32)22-14-19(7-8-20(22)24)41-27(21-4-2-11-34-26(21)33)37-23-9-10-25(39-28(23)41)40-13-3-12-36-40/h2-14,16,24H,15H2,1H3,(H2,33,34)(H,38,42)/t24-/m0/s1. The summed E-state index contributed by atoms with van der Waals surface area (Å²) >= 11 is 0. The number of alkyl halides is 2. The number of nitrogen functional groups attached to an aromatic ring is 1. The maximum absolute atomic E-state index is 15.5. The molecule has 1 atom stereocenters. The number of aryl methyl sites for hydroxylation is 1. The molecule has 1 aliphatic carbocycles. The minimum atomic E-state index is -3.19. The number of amides is 1. The number of aromatic nitrogens is 7. The number of nitrogens with one attached hydrogen (secondary N) is 1. The molecule has 0 bridgehead atoms. The summed E-state index contributed by atoms with van der Waals surface area (Å²) in [7, 11) is 0. The molecule has 1 amide bonds. The summed E-state index contributed by atoms with van der Waals surface area (Å²) < 4.78 is 34.3. The minimum absolute atomic E-state index is 0.178. The molecule has 42 heavy (non-hydrogen) atoms. The minimum Gasteiger partial charge on any atom is -0.383 e. The van der Waals surface area contributed by atoms with E-state index in [1.54, 1.807) is 89.4 Å². The van der Waals surface area contributed by atoms with E-state index in [9.17, 15) is 4.79 Å². The third-order valence-electron chi connectivity index (χ3n) is 7.31. The number of hydrogen-bond acceptors (Lipinski definition) is 7. The Labute approximate surface area is 237 Å². The van der Waals surface area contributed by atoms with Gasteiger partial charge < -0.3 is 11.1 Å². The molecule has 5 heterocycles.